The molecule has 0 aliphatic carbocycles. The molecule has 0 aromatic heterocycles. The van der Waals surface area contributed by atoms with Gasteiger partial charge in [0.15, 0.2) is 0 Å². The average Bonchev–Trinajstić information content (AvgIpc) is 2.16. The monoisotopic (exact) mass is 201 g/mol. The maximum atomic E-state index is 11.1. The van der Waals surface area contributed by atoms with Crippen LogP contribution in [0.2, 0.25) is 0 Å². The van der Waals surface area contributed by atoms with Crippen LogP contribution in [0.25, 0.3) is 0 Å². The molecule has 0 aliphatic heterocycles. The van der Waals surface area contributed by atoms with Crippen LogP contribution < -0.4 is 11.1 Å². The molecule has 4 heteroatoms. The molecule has 0 aromatic rings. The third-order valence-electron chi connectivity index (χ3n) is 2.28. The van der Waals surface area contributed by atoms with E-state index in [2.05, 4.69) is 24.1 Å². The summed E-state index contributed by atoms with van der Waals surface area (Å²) in [5.74, 6) is 0.100. The zero-order valence-electron chi connectivity index (χ0n) is 9.55. The Morgan fingerprint density at radius 2 is 2.07 bits per heavy atom. The number of carbonyl (C=O) groups is 1. The van der Waals surface area contributed by atoms with Gasteiger partial charge in [0.05, 0.1) is 0 Å². The molecular weight excluding hydrogens is 178 g/mol. The van der Waals surface area contributed by atoms with E-state index in [9.17, 15) is 4.79 Å². The molecule has 0 aromatic carbocycles. The van der Waals surface area contributed by atoms with Gasteiger partial charge in [0, 0.05) is 26.1 Å². The Bertz CT molecular complexity index is 159. The number of nitrogens with one attached hydrogen (secondary N) is 1. The van der Waals surface area contributed by atoms with Gasteiger partial charge in [0.1, 0.15) is 0 Å². The van der Waals surface area contributed by atoms with Gasteiger partial charge in [0.25, 0.3) is 0 Å². The van der Waals surface area contributed by atoms with E-state index in [1.54, 1.807) is 7.05 Å². The van der Waals surface area contributed by atoms with Crippen molar-refractivity contribution >= 4 is 5.91 Å². The number of carbonyl (C=O) groups excluding carboxylic acids is 1. The summed E-state index contributed by atoms with van der Waals surface area (Å²) in [6.07, 6.45) is 1.56. The molecule has 0 saturated carbocycles. The molecule has 0 aliphatic rings. The zero-order valence-corrected chi connectivity index (χ0v) is 9.55. The fourth-order valence-corrected chi connectivity index (χ4v) is 1.29. The maximum Gasteiger partial charge on any atom is 0.221 e. The van der Waals surface area contributed by atoms with Gasteiger partial charge in [-0.1, -0.05) is 0 Å². The number of hydrogen-bond acceptors (Lipinski definition) is 3. The number of rotatable bonds is 7. The van der Waals surface area contributed by atoms with Crippen molar-refractivity contribution in [2.45, 2.75) is 32.7 Å². The molecule has 0 unspecified atom stereocenters. The molecule has 3 N–H and O–H groups in total. The summed E-state index contributed by atoms with van der Waals surface area (Å²) < 4.78 is 0. The molecule has 84 valence electrons. The lowest BCUT2D eigenvalue weighted by atomic mass is 10.2. The first-order valence-corrected chi connectivity index (χ1v) is 5.26. The molecule has 1 amide bonds. The molecule has 0 radical (unpaired) electrons. The number of nitrogens with zero attached hydrogens (tertiary/aromatic N) is 1. The molecule has 0 fully saturated rings. The quantitative estimate of drug-likeness (QED) is 0.618. The number of hydrogen-bond donors (Lipinski definition) is 2. The normalized spacial score (nSPS) is 11.0. The molecule has 0 rings (SSSR count). The molecule has 0 spiro atoms. The summed E-state index contributed by atoms with van der Waals surface area (Å²) in [4.78, 5) is 13.3. The SMILES string of the molecule is CNC(=O)CCN(CCCN)C(C)C. The minimum atomic E-state index is 0.100. The molecule has 0 bridgehead atoms. The first-order valence-electron chi connectivity index (χ1n) is 5.26. The molecule has 4 nitrogen and oxygen atoms in total. The van der Waals surface area contributed by atoms with Crippen molar-refractivity contribution in [2.24, 2.45) is 5.73 Å². The van der Waals surface area contributed by atoms with E-state index in [0.717, 1.165) is 19.5 Å². The smallest absolute Gasteiger partial charge is 0.221 e. The fourth-order valence-electron chi connectivity index (χ4n) is 1.29. The maximum absolute atomic E-state index is 11.1. The summed E-state index contributed by atoms with van der Waals surface area (Å²) in [6, 6.07) is 0.478. The lowest BCUT2D eigenvalue weighted by Gasteiger charge is -2.25. The Hall–Kier alpha value is -0.610. The Balaban J connectivity index is 3.78. The van der Waals surface area contributed by atoms with Crippen molar-refractivity contribution in [3.05, 3.63) is 0 Å². The minimum absolute atomic E-state index is 0.100. The third-order valence-corrected chi connectivity index (χ3v) is 2.28. The molecule has 14 heavy (non-hydrogen) atoms. The number of nitrogens with two attached hydrogens (primary N) is 1. The van der Waals surface area contributed by atoms with E-state index in [4.69, 9.17) is 5.73 Å². The highest BCUT2D eigenvalue weighted by Crippen LogP contribution is 2.00. The first kappa shape index (κ1) is 13.4. The Morgan fingerprint density at radius 3 is 2.50 bits per heavy atom. The van der Waals surface area contributed by atoms with Gasteiger partial charge in [0.2, 0.25) is 5.91 Å². The molecule has 0 atom stereocenters. The summed E-state index contributed by atoms with van der Waals surface area (Å²) >= 11 is 0. The predicted octanol–water partition coefficient (Wildman–Crippen LogP) is 0.182. The van der Waals surface area contributed by atoms with Gasteiger partial charge < -0.3 is 16.0 Å². The second-order valence-electron chi connectivity index (χ2n) is 3.70. The summed E-state index contributed by atoms with van der Waals surface area (Å²) in [5.41, 5.74) is 5.45. The Labute approximate surface area is 86.8 Å². The van der Waals surface area contributed by atoms with Crippen LogP contribution in [0.15, 0.2) is 0 Å². The van der Waals surface area contributed by atoms with Crippen molar-refractivity contribution in [1.29, 1.82) is 0 Å². The molecular formula is C10H23N3O. The van der Waals surface area contributed by atoms with Crippen LogP contribution in [0.3, 0.4) is 0 Å². The summed E-state index contributed by atoms with van der Waals surface area (Å²) in [7, 11) is 1.67. The van der Waals surface area contributed by atoms with Crippen LogP contribution in [0.5, 0.6) is 0 Å². The lowest BCUT2D eigenvalue weighted by Crippen LogP contribution is -2.36. The van der Waals surface area contributed by atoms with Crippen LogP contribution in [-0.4, -0.2) is 43.5 Å². The van der Waals surface area contributed by atoms with E-state index in [1.165, 1.54) is 0 Å². The van der Waals surface area contributed by atoms with Gasteiger partial charge in [-0.3, -0.25) is 4.79 Å². The highest BCUT2D eigenvalue weighted by molar-refractivity contribution is 5.75. The topological polar surface area (TPSA) is 58.4 Å². The highest BCUT2D eigenvalue weighted by Gasteiger charge is 2.09. The van der Waals surface area contributed by atoms with Crippen LogP contribution in [-0.2, 0) is 4.79 Å². The van der Waals surface area contributed by atoms with Gasteiger partial charge in [-0.2, -0.15) is 0 Å². The van der Waals surface area contributed by atoms with Crippen LogP contribution >= 0.6 is 0 Å². The van der Waals surface area contributed by atoms with Crippen molar-refractivity contribution < 1.29 is 4.79 Å². The van der Waals surface area contributed by atoms with Crippen LogP contribution in [0.4, 0.5) is 0 Å². The van der Waals surface area contributed by atoms with Crippen molar-refractivity contribution in [2.75, 3.05) is 26.7 Å². The van der Waals surface area contributed by atoms with Crippen molar-refractivity contribution in [3.8, 4) is 0 Å². The Morgan fingerprint density at radius 1 is 1.43 bits per heavy atom. The summed E-state index contributed by atoms with van der Waals surface area (Å²) in [5, 5.41) is 2.63. The standard InChI is InChI=1S/C10H23N3O/c1-9(2)13(7-4-6-11)8-5-10(14)12-3/h9H,4-8,11H2,1-3H3,(H,12,14). The van der Waals surface area contributed by atoms with E-state index < -0.39 is 0 Å². The number of amides is 1. The van der Waals surface area contributed by atoms with Crippen LogP contribution in [0, 0.1) is 0 Å². The second-order valence-corrected chi connectivity index (χ2v) is 3.70. The first-order chi connectivity index (χ1) is 6.61. The zero-order chi connectivity index (χ0) is 11.0. The van der Waals surface area contributed by atoms with Gasteiger partial charge in [-0.25, -0.2) is 0 Å². The third kappa shape index (κ3) is 5.94. The van der Waals surface area contributed by atoms with Gasteiger partial charge in [-0.05, 0) is 33.4 Å². The van der Waals surface area contributed by atoms with E-state index >= 15 is 0 Å². The van der Waals surface area contributed by atoms with Gasteiger partial charge >= 0.3 is 0 Å². The predicted molar refractivity (Wildman–Crippen MR) is 59.1 cm³/mol. The van der Waals surface area contributed by atoms with Crippen molar-refractivity contribution in [3.63, 3.8) is 0 Å². The van der Waals surface area contributed by atoms with E-state index in [-0.39, 0.29) is 5.91 Å². The minimum Gasteiger partial charge on any atom is -0.359 e. The second kappa shape index (κ2) is 7.76. The van der Waals surface area contributed by atoms with E-state index in [1.807, 2.05) is 0 Å². The molecule has 0 saturated heterocycles. The lowest BCUT2D eigenvalue weighted by molar-refractivity contribution is -0.121. The van der Waals surface area contributed by atoms with Crippen molar-refractivity contribution in [1.82, 2.24) is 10.2 Å². The highest BCUT2D eigenvalue weighted by atomic mass is 16.1. The molecule has 0 heterocycles. The van der Waals surface area contributed by atoms with Crippen LogP contribution in [0.1, 0.15) is 26.7 Å². The average molecular weight is 201 g/mol. The summed E-state index contributed by atoms with van der Waals surface area (Å²) in [6.45, 7) is 6.78. The Kier molecular flexibility index (Phi) is 7.42. The van der Waals surface area contributed by atoms with E-state index in [0.29, 0.717) is 19.0 Å². The largest absolute Gasteiger partial charge is 0.359 e. The van der Waals surface area contributed by atoms with Gasteiger partial charge in [-0.15, -0.1) is 0 Å². The fraction of sp³-hybridized carbons (Fsp3) is 0.900.